The van der Waals surface area contributed by atoms with Crippen LogP contribution in [0.4, 0.5) is 5.13 Å². The fourth-order valence-corrected chi connectivity index (χ4v) is 4.68. The highest BCUT2D eigenvalue weighted by atomic mass is 32.2. The summed E-state index contributed by atoms with van der Waals surface area (Å²) in [6.07, 6.45) is 0. The molecule has 0 amide bonds. The highest BCUT2D eigenvalue weighted by Crippen LogP contribution is 2.31. The normalized spacial score (nSPS) is 12.1. The number of benzene rings is 3. The van der Waals surface area contributed by atoms with Crippen LogP contribution in [0.2, 0.25) is 0 Å². The lowest BCUT2D eigenvalue weighted by Crippen LogP contribution is -2.11. The second kappa shape index (κ2) is 9.72. The summed E-state index contributed by atoms with van der Waals surface area (Å²) in [5.41, 5.74) is 8.68. The largest absolute Gasteiger partial charge is 0.252 e. The van der Waals surface area contributed by atoms with Gasteiger partial charge in [-0.1, -0.05) is 87.1 Å². The van der Waals surface area contributed by atoms with E-state index in [1.807, 2.05) is 13.0 Å². The van der Waals surface area contributed by atoms with Gasteiger partial charge in [-0.15, -0.1) is 11.3 Å². The Morgan fingerprint density at radius 2 is 1.53 bits per heavy atom. The van der Waals surface area contributed by atoms with Crippen molar-refractivity contribution in [1.82, 2.24) is 4.98 Å². The van der Waals surface area contributed by atoms with E-state index in [0.29, 0.717) is 0 Å². The van der Waals surface area contributed by atoms with Gasteiger partial charge in [0.2, 0.25) is 5.13 Å². The predicted octanol–water partition coefficient (Wildman–Crippen LogP) is 8.09. The van der Waals surface area contributed by atoms with Crippen molar-refractivity contribution in [1.29, 1.82) is 0 Å². The van der Waals surface area contributed by atoms with E-state index in [1.165, 1.54) is 15.4 Å². The molecule has 0 bridgehead atoms. The zero-order valence-electron chi connectivity index (χ0n) is 18.8. The summed E-state index contributed by atoms with van der Waals surface area (Å²) >= 11 is 3.32. The maximum absolute atomic E-state index is 4.70. The summed E-state index contributed by atoms with van der Waals surface area (Å²) in [5, 5.41) is 7.38. The highest BCUT2D eigenvalue weighted by Gasteiger charge is 2.13. The molecule has 4 aromatic rings. The van der Waals surface area contributed by atoms with E-state index in [9.17, 15) is 0 Å². The zero-order valence-corrected chi connectivity index (χ0v) is 20.4. The summed E-state index contributed by atoms with van der Waals surface area (Å²) in [5.74, 6) is 0. The first-order chi connectivity index (χ1) is 15.4. The first kappa shape index (κ1) is 22.3. The van der Waals surface area contributed by atoms with Crippen molar-refractivity contribution in [3.05, 3.63) is 95.4 Å². The number of hydrogen-bond acceptors (Lipinski definition) is 5. The molecular formula is C27H27N3S2. The molecule has 0 fully saturated rings. The van der Waals surface area contributed by atoms with Gasteiger partial charge in [0.25, 0.3) is 0 Å². The summed E-state index contributed by atoms with van der Waals surface area (Å²) < 4.78 is 0. The van der Waals surface area contributed by atoms with Crippen LogP contribution >= 0.6 is 23.1 Å². The molecule has 0 saturated heterocycles. The molecule has 0 saturated carbocycles. The summed E-state index contributed by atoms with van der Waals surface area (Å²) in [4.78, 5) is 7.15. The molecule has 1 heterocycles. The van der Waals surface area contributed by atoms with Gasteiger partial charge >= 0.3 is 0 Å². The van der Waals surface area contributed by atoms with Gasteiger partial charge in [0.1, 0.15) is 0 Å². The van der Waals surface area contributed by atoms with Crippen LogP contribution in [0.5, 0.6) is 0 Å². The average molecular weight is 458 g/mol. The van der Waals surface area contributed by atoms with Gasteiger partial charge in [-0.05, 0) is 47.7 Å². The fraction of sp³-hybridized carbons (Fsp3) is 0.185. The molecule has 5 heteroatoms. The van der Waals surface area contributed by atoms with Gasteiger partial charge in [-0.3, -0.25) is 5.43 Å². The van der Waals surface area contributed by atoms with Crippen molar-refractivity contribution in [2.24, 2.45) is 5.10 Å². The van der Waals surface area contributed by atoms with Gasteiger partial charge in [0.15, 0.2) is 0 Å². The molecule has 3 aromatic carbocycles. The monoisotopic (exact) mass is 457 g/mol. The van der Waals surface area contributed by atoms with E-state index in [2.05, 4.69) is 109 Å². The minimum atomic E-state index is 0.150. The maximum Gasteiger partial charge on any atom is 0.203 e. The molecular weight excluding hydrogens is 430 g/mol. The molecule has 4 rings (SSSR count). The van der Waals surface area contributed by atoms with E-state index in [0.717, 1.165) is 27.7 Å². The van der Waals surface area contributed by atoms with Crippen LogP contribution in [0, 0.1) is 0 Å². The molecule has 0 aliphatic rings. The number of rotatable bonds is 6. The summed E-state index contributed by atoms with van der Waals surface area (Å²) in [7, 11) is 0. The third-order valence-corrected chi connectivity index (χ3v) is 6.88. The van der Waals surface area contributed by atoms with Crippen molar-refractivity contribution in [3.8, 4) is 11.3 Å². The van der Waals surface area contributed by atoms with E-state index in [4.69, 9.17) is 4.98 Å². The molecule has 32 heavy (non-hydrogen) atoms. The number of thiazole rings is 1. The Labute approximate surface area is 198 Å². The average Bonchev–Trinajstić information content (AvgIpc) is 3.27. The first-order valence-electron chi connectivity index (χ1n) is 10.6. The van der Waals surface area contributed by atoms with Crippen LogP contribution in [0.1, 0.15) is 38.8 Å². The van der Waals surface area contributed by atoms with Crippen LogP contribution in [0.15, 0.2) is 99.1 Å². The highest BCUT2D eigenvalue weighted by molar-refractivity contribution is 7.99. The Hall–Kier alpha value is -2.89. The quantitative estimate of drug-likeness (QED) is 0.235. The minimum Gasteiger partial charge on any atom is -0.252 e. The Morgan fingerprint density at radius 3 is 2.19 bits per heavy atom. The fourth-order valence-electron chi connectivity index (χ4n) is 3.18. The molecule has 0 aliphatic carbocycles. The summed E-state index contributed by atoms with van der Waals surface area (Å²) in [6, 6.07) is 27.5. The second-order valence-corrected chi connectivity index (χ2v) is 10.6. The van der Waals surface area contributed by atoms with Gasteiger partial charge in [-0.2, -0.15) is 5.10 Å². The number of anilines is 1. The number of hydrazone groups is 1. The van der Waals surface area contributed by atoms with E-state index in [1.54, 1.807) is 23.1 Å². The van der Waals surface area contributed by atoms with Crippen molar-refractivity contribution < 1.29 is 0 Å². The topological polar surface area (TPSA) is 37.3 Å². The van der Waals surface area contributed by atoms with E-state index >= 15 is 0 Å². The smallest absolute Gasteiger partial charge is 0.203 e. The van der Waals surface area contributed by atoms with Gasteiger partial charge < -0.3 is 0 Å². The maximum atomic E-state index is 4.70. The molecule has 0 spiro atoms. The lowest BCUT2D eigenvalue weighted by molar-refractivity contribution is 0.590. The molecule has 3 nitrogen and oxygen atoms in total. The van der Waals surface area contributed by atoms with Crippen molar-refractivity contribution in [2.45, 2.75) is 42.9 Å². The summed E-state index contributed by atoms with van der Waals surface area (Å²) in [6.45, 7) is 8.68. The van der Waals surface area contributed by atoms with Crippen LogP contribution in [-0.4, -0.2) is 10.7 Å². The number of hydrogen-bond donors (Lipinski definition) is 1. The van der Waals surface area contributed by atoms with Crippen LogP contribution in [0.25, 0.3) is 11.3 Å². The number of nitrogens with zero attached hydrogens (tertiary/aromatic N) is 2. The molecule has 0 unspecified atom stereocenters. The van der Waals surface area contributed by atoms with Crippen LogP contribution in [-0.2, 0) is 5.41 Å². The van der Waals surface area contributed by atoms with E-state index < -0.39 is 0 Å². The van der Waals surface area contributed by atoms with Crippen molar-refractivity contribution >= 4 is 33.9 Å². The Bertz CT molecular complexity index is 1190. The van der Waals surface area contributed by atoms with Gasteiger partial charge in [0, 0.05) is 20.7 Å². The molecule has 0 atom stereocenters. The standard InChI is InChI=1S/C27H27N3S2/c1-19(20-10-14-22(15-11-20)27(2,3)4)29-30-26-28-25(18-31-26)21-12-16-24(17-13-21)32-23-8-6-5-7-9-23/h5-18H,1-4H3,(H,28,30)/b29-19+. The van der Waals surface area contributed by atoms with Crippen molar-refractivity contribution in [3.63, 3.8) is 0 Å². The van der Waals surface area contributed by atoms with Crippen molar-refractivity contribution in [2.75, 3.05) is 5.43 Å². The Morgan fingerprint density at radius 1 is 0.875 bits per heavy atom. The number of nitrogens with one attached hydrogen (secondary N) is 1. The van der Waals surface area contributed by atoms with E-state index in [-0.39, 0.29) is 5.41 Å². The lowest BCUT2D eigenvalue weighted by Gasteiger charge is -2.19. The Kier molecular flexibility index (Phi) is 6.77. The first-order valence-corrected chi connectivity index (χ1v) is 12.3. The molecule has 1 aromatic heterocycles. The van der Waals surface area contributed by atoms with Gasteiger partial charge in [0.05, 0.1) is 11.4 Å². The minimum absolute atomic E-state index is 0.150. The predicted molar refractivity (Wildman–Crippen MR) is 139 cm³/mol. The zero-order chi connectivity index (χ0) is 22.6. The molecule has 1 N–H and O–H groups in total. The van der Waals surface area contributed by atoms with Gasteiger partial charge in [-0.25, -0.2) is 4.98 Å². The second-order valence-electron chi connectivity index (χ2n) is 8.61. The lowest BCUT2D eigenvalue weighted by atomic mass is 9.86. The molecule has 162 valence electrons. The SMILES string of the molecule is C/C(=N\Nc1nc(-c2ccc(Sc3ccccc3)cc2)cs1)c1ccc(C(C)(C)C)cc1. The molecule has 0 aliphatic heterocycles. The Balaban J connectivity index is 1.40. The third kappa shape index (κ3) is 5.67. The van der Waals surface area contributed by atoms with Crippen LogP contribution < -0.4 is 5.43 Å². The third-order valence-electron chi connectivity index (χ3n) is 5.12. The number of aromatic nitrogens is 1. The molecule has 0 radical (unpaired) electrons. The van der Waals surface area contributed by atoms with Crippen LogP contribution in [0.3, 0.4) is 0 Å².